The molecule has 0 saturated heterocycles. The topological polar surface area (TPSA) is 36.9 Å². The first-order chi connectivity index (χ1) is 10.7. The zero-order chi connectivity index (χ0) is 15.8. The van der Waals surface area contributed by atoms with E-state index in [9.17, 15) is 0 Å². The van der Waals surface area contributed by atoms with Crippen LogP contribution in [0.15, 0.2) is 42.5 Å². The number of hydrogen-bond donors (Lipinski definition) is 0. The Hall–Kier alpha value is -2.46. The van der Waals surface area contributed by atoms with Gasteiger partial charge in [-0.05, 0) is 35.4 Å². The fraction of sp³-hybridized carbons (Fsp3) is 0.222. The first-order valence-electron chi connectivity index (χ1n) is 6.88. The molecular formula is C18H20O4. The maximum Gasteiger partial charge on any atom is 0.188 e. The summed E-state index contributed by atoms with van der Waals surface area (Å²) in [5.74, 6) is 2.29. The Morgan fingerprint density at radius 1 is 0.773 bits per heavy atom. The molecule has 4 nitrogen and oxygen atoms in total. The number of hydrogen-bond acceptors (Lipinski definition) is 4. The molecule has 2 aromatic carbocycles. The van der Waals surface area contributed by atoms with Crippen LogP contribution in [-0.2, 0) is 4.74 Å². The third-order valence-corrected chi connectivity index (χ3v) is 3.04. The van der Waals surface area contributed by atoms with Crippen molar-refractivity contribution in [2.45, 2.75) is 0 Å². The highest BCUT2D eigenvalue weighted by Gasteiger charge is 2.00. The van der Waals surface area contributed by atoms with Gasteiger partial charge in [0.15, 0.2) is 6.79 Å². The lowest BCUT2D eigenvalue weighted by Crippen LogP contribution is -1.98. The molecule has 2 rings (SSSR count). The van der Waals surface area contributed by atoms with E-state index in [4.69, 9.17) is 18.9 Å². The molecular weight excluding hydrogens is 280 g/mol. The maximum absolute atomic E-state index is 5.42. The highest BCUT2D eigenvalue weighted by molar-refractivity contribution is 5.71. The molecule has 0 amide bonds. The third kappa shape index (κ3) is 4.53. The number of benzene rings is 2. The summed E-state index contributed by atoms with van der Waals surface area (Å²) in [4.78, 5) is 0. The van der Waals surface area contributed by atoms with E-state index in [-0.39, 0.29) is 6.79 Å². The summed E-state index contributed by atoms with van der Waals surface area (Å²) < 4.78 is 20.9. The van der Waals surface area contributed by atoms with Crippen LogP contribution < -0.4 is 14.2 Å². The minimum atomic E-state index is 0.236. The Kier molecular flexibility index (Phi) is 5.86. The monoisotopic (exact) mass is 300 g/mol. The van der Waals surface area contributed by atoms with Crippen molar-refractivity contribution < 1.29 is 18.9 Å². The van der Waals surface area contributed by atoms with E-state index < -0.39 is 0 Å². The van der Waals surface area contributed by atoms with Crippen molar-refractivity contribution in [3.05, 3.63) is 53.6 Å². The van der Waals surface area contributed by atoms with Crippen molar-refractivity contribution in [3.63, 3.8) is 0 Å². The van der Waals surface area contributed by atoms with Gasteiger partial charge in [-0.25, -0.2) is 0 Å². The molecule has 0 unspecified atom stereocenters. The van der Waals surface area contributed by atoms with E-state index in [0.717, 1.165) is 28.4 Å². The maximum atomic E-state index is 5.42. The quantitative estimate of drug-likeness (QED) is 0.575. The summed E-state index contributed by atoms with van der Waals surface area (Å²) in [7, 11) is 4.87. The largest absolute Gasteiger partial charge is 0.497 e. The molecule has 0 bridgehead atoms. The summed E-state index contributed by atoms with van der Waals surface area (Å²) in [6.45, 7) is 0.236. The number of methoxy groups -OCH3 is 3. The Bertz CT molecular complexity index is 612. The van der Waals surface area contributed by atoms with Crippen molar-refractivity contribution in [1.82, 2.24) is 0 Å². The fourth-order valence-corrected chi connectivity index (χ4v) is 1.95. The second kappa shape index (κ2) is 8.10. The van der Waals surface area contributed by atoms with E-state index >= 15 is 0 Å². The van der Waals surface area contributed by atoms with Crippen molar-refractivity contribution in [2.24, 2.45) is 0 Å². The molecule has 0 aliphatic carbocycles. The Balaban J connectivity index is 2.17. The zero-order valence-electron chi connectivity index (χ0n) is 13.0. The van der Waals surface area contributed by atoms with Gasteiger partial charge in [0.1, 0.15) is 17.2 Å². The Morgan fingerprint density at radius 2 is 1.41 bits per heavy atom. The van der Waals surface area contributed by atoms with Crippen LogP contribution in [0.4, 0.5) is 0 Å². The molecule has 0 atom stereocenters. The molecule has 0 heterocycles. The lowest BCUT2D eigenvalue weighted by Gasteiger charge is -2.06. The molecule has 0 aliphatic heterocycles. The standard InChI is InChI=1S/C18H20O4/c1-19-13-22-16-6-4-5-14(9-16)7-8-15-10-17(20-2)12-18(11-15)21-3/h4-12H,13H2,1-3H3/b8-7+. The van der Waals surface area contributed by atoms with Gasteiger partial charge in [-0.1, -0.05) is 24.3 Å². The van der Waals surface area contributed by atoms with Gasteiger partial charge >= 0.3 is 0 Å². The van der Waals surface area contributed by atoms with Crippen LogP contribution in [-0.4, -0.2) is 28.1 Å². The van der Waals surface area contributed by atoms with Crippen LogP contribution in [0.5, 0.6) is 17.2 Å². The molecule has 0 N–H and O–H groups in total. The molecule has 0 fully saturated rings. The smallest absolute Gasteiger partial charge is 0.188 e. The first-order valence-corrected chi connectivity index (χ1v) is 6.88. The van der Waals surface area contributed by atoms with Crippen LogP contribution in [0.1, 0.15) is 11.1 Å². The van der Waals surface area contributed by atoms with Gasteiger partial charge in [0.2, 0.25) is 0 Å². The molecule has 0 aromatic heterocycles. The summed E-state index contributed by atoms with van der Waals surface area (Å²) in [6.07, 6.45) is 4.01. The average molecular weight is 300 g/mol. The summed E-state index contributed by atoms with van der Waals surface area (Å²) in [6, 6.07) is 13.5. The molecule has 4 heteroatoms. The second-order valence-corrected chi connectivity index (χ2v) is 4.60. The minimum absolute atomic E-state index is 0.236. The highest BCUT2D eigenvalue weighted by Crippen LogP contribution is 2.24. The van der Waals surface area contributed by atoms with Crippen LogP contribution in [0.3, 0.4) is 0 Å². The number of rotatable bonds is 7. The van der Waals surface area contributed by atoms with E-state index in [1.165, 1.54) is 0 Å². The molecule has 116 valence electrons. The van der Waals surface area contributed by atoms with E-state index in [2.05, 4.69) is 0 Å². The molecule has 0 spiro atoms. The molecule has 22 heavy (non-hydrogen) atoms. The SMILES string of the molecule is COCOc1cccc(/C=C/c2cc(OC)cc(OC)c2)c1. The molecule has 0 radical (unpaired) electrons. The van der Waals surface area contributed by atoms with Crippen LogP contribution in [0, 0.1) is 0 Å². The lowest BCUT2D eigenvalue weighted by atomic mass is 10.1. The second-order valence-electron chi connectivity index (χ2n) is 4.60. The third-order valence-electron chi connectivity index (χ3n) is 3.04. The van der Waals surface area contributed by atoms with E-state index in [1.54, 1.807) is 21.3 Å². The fourth-order valence-electron chi connectivity index (χ4n) is 1.95. The van der Waals surface area contributed by atoms with Crippen molar-refractivity contribution >= 4 is 12.2 Å². The Morgan fingerprint density at radius 3 is 2.05 bits per heavy atom. The van der Waals surface area contributed by atoms with Crippen molar-refractivity contribution in [1.29, 1.82) is 0 Å². The predicted molar refractivity (Wildman–Crippen MR) is 87.4 cm³/mol. The van der Waals surface area contributed by atoms with Gasteiger partial charge in [-0.15, -0.1) is 0 Å². The summed E-state index contributed by atoms with van der Waals surface area (Å²) in [5, 5.41) is 0. The van der Waals surface area contributed by atoms with Gasteiger partial charge in [0, 0.05) is 13.2 Å². The lowest BCUT2D eigenvalue weighted by molar-refractivity contribution is 0.0511. The van der Waals surface area contributed by atoms with Crippen LogP contribution in [0.2, 0.25) is 0 Å². The Labute approximate surface area is 130 Å². The van der Waals surface area contributed by atoms with Crippen LogP contribution in [0.25, 0.3) is 12.2 Å². The van der Waals surface area contributed by atoms with Crippen LogP contribution >= 0.6 is 0 Å². The van der Waals surface area contributed by atoms with Gasteiger partial charge < -0.3 is 18.9 Å². The first kappa shape index (κ1) is 15.9. The van der Waals surface area contributed by atoms with Crippen molar-refractivity contribution in [2.75, 3.05) is 28.1 Å². The highest BCUT2D eigenvalue weighted by atomic mass is 16.7. The van der Waals surface area contributed by atoms with Gasteiger partial charge in [-0.2, -0.15) is 0 Å². The van der Waals surface area contributed by atoms with Gasteiger partial charge in [0.25, 0.3) is 0 Å². The molecule has 0 aliphatic rings. The van der Waals surface area contributed by atoms with Gasteiger partial charge in [0.05, 0.1) is 14.2 Å². The average Bonchev–Trinajstić information content (AvgIpc) is 2.58. The summed E-state index contributed by atoms with van der Waals surface area (Å²) >= 11 is 0. The number of ether oxygens (including phenoxy) is 4. The predicted octanol–water partition coefficient (Wildman–Crippen LogP) is 3.86. The van der Waals surface area contributed by atoms with Crippen molar-refractivity contribution in [3.8, 4) is 17.2 Å². The molecule has 2 aromatic rings. The summed E-state index contributed by atoms with van der Waals surface area (Å²) in [5.41, 5.74) is 2.04. The van der Waals surface area contributed by atoms with Gasteiger partial charge in [-0.3, -0.25) is 0 Å². The van der Waals surface area contributed by atoms with E-state index in [1.807, 2.05) is 54.6 Å². The normalized spacial score (nSPS) is 10.7. The zero-order valence-corrected chi connectivity index (χ0v) is 13.0. The minimum Gasteiger partial charge on any atom is -0.497 e. The van der Waals surface area contributed by atoms with E-state index in [0.29, 0.717) is 0 Å². The molecule has 0 saturated carbocycles.